The van der Waals surface area contributed by atoms with E-state index < -0.39 is 0 Å². The van der Waals surface area contributed by atoms with Crippen LogP contribution < -0.4 is 20.3 Å². The van der Waals surface area contributed by atoms with E-state index in [1.807, 2.05) is 42.5 Å². The van der Waals surface area contributed by atoms with Gasteiger partial charge in [0.2, 0.25) is 0 Å². The molecule has 2 N–H and O–H groups in total. The Morgan fingerprint density at radius 3 is 2.68 bits per heavy atom. The number of hydrogen-bond donors (Lipinski definition) is 2. The average Bonchev–Trinajstić information content (AvgIpc) is 2.94. The zero-order valence-corrected chi connectivity index (χ0v) is 21.0. The van der Waals surface area contributed by atoms with Crippen LogP contribution in [0, 0.1) is 0 Å². The number of benzene rings is 3. The van der Waals surface area contributed by atoms with E-state index in [0.29, 0.717) is 11.8 Å². The van der Waals surface area contributed by atoms with Gasteiger partial charge in [0.1, 0.15) is 17.5 Å². The van der Waals surface area contributed by atoms with Crippen molar-refractivity contribution in [3.8, 4) is 5.75 Å². The lowest BCUT2D eigenvalue weighted by Crippen LogP contribution is -2.34. The first kappa shape index (κ1) is 23.5. The van der Waals surface area contributed by atoms with Crippen LogP contribution in [0.15, 0.2) is 78.9 Å². The first-order valence-corrected chi connectivity index (χ1v) is 13.2. The Labute approximate surface area is 217 Å². The predicted molar refractivity (Wildman–Crippen MR) is 148 cm³/mol. The van der Waals surface area contributed by atoms with Gasteiger partial charge >= 0.3 is 0 Å². The molecule has 2 aliphatic rings. The summed E-state index contributed by atoms with van der Waals surface area (Å²) in [4.78, 5) is 20.2. The molecule has 0 saturated carbocycles. The van der Waals surface area contributed by atoms with Gasteiger partial charge in [-0.1, -0.05) is 48.5 Å². The molecule has 0 bridgehead atoms. The standard InChI is InChI=1S/C31H32N4O2/c36-31(29-15-12-23-5-1-2-8-27(23)33-29)34-28-9-3-6-24-7-4-20-35(30(24)28)21-22-10-13-25(14-11-22)37-26-16-18-32-19-17-26/h1-3,5-6,8-15,26,32H,4,7,16-21H2,(H,34,36). The van der Waals surface area contributed by atoms with Gasteiger partial charge in [-0.15, -0.1) is 0 Å². The van der Waals surface area contributed by atoms with E-state index in [-0.39, 0.29) is 5.91 Å². The number of aryl methyl sites for hydroxylation is 1. The monoisotopic (exact) mass is 492 g/mol. The summed E-state index contributed by atoms with van der Waals surface area (Å²) in [5.41, 5.74) is 5.67. The van der Waals surface area contributed by atoms with Gasteiger partial charge in [-0.25, -0.2) is 4.98 Å². The van der Waals surface area contributed by atoms with Crippen molar-refractivity contribution >= 4 is 28.2 Å². The highest BCUT2D eigenvalue weighted by molar-refractivity contribution is 6.06. The highest BCUT2D eigenvalue weighted by Crippen LogP contribution is 2.36. The normalized spacial score (nSPS) is 15.8. The van der Waals surface area contributed by atoms with Gasteiger partial charge in [0, 0.05) is 18.5 Å². The van der Waals surface area contributed by atoms with Crippen LogP contribution in [0.1, 0.15) is 40.9 Å². The summed E-state index contributed by atoms with van der Waals surface area (Å²) in [5.74, 6) is 0.745. The number of aromatic nitrogens is 1. The maximum atomic E-state index is 13.2. The number of carbonyl (C=O) groups excluding carboxylic acids is 1. The first-order chi connectivity index (χ1) is 18.2. The Hall–Kier alpha value is -3.90. The number of anilines is 2. The van der Waals surface area contributed by atoms with Crippen LogP contribution in [0.2, 0.25) is 0 Å². The third-order valence-corrected chi connectivity index (χ3v) is 7.27. The van der Waals surface area contributed by atoms with E-state index in [9.17, 15) is 4.79 Å². The maximum absolute atomic E-state index is 13.2. The number of amides is 1. The molecule has 4 aromatic rings. The summed E-state index contributed by atoms with van der Waals surface area (Å²) >= 11 is 0. The largest absolute Gasteiger partial charge is 0.490 e. The van der Waals surface area contributed by atoms with Gasteiger partial charge in [0.15, 0.2) is 0 Å². The number of ether oxygens (including phenoxy) is 1. The zero-order valence-electron chi connectivity index (χ0n) is 21.0. The van der Waals surface area contributed by atoms with E-state index in [1.165, 1.54) is 11.1 Å². The van der Waals surface area contributed by atoms with Crippen molar-refractivity contribution in [3.63, 3.8) is 0 Å². The molecule has 1 fully saturated rings. The second-order valence-corrected chi connectivity index (χ2v) is 9.89. The van der Waals surface area contributed by atoms with Crippen molar-refractivity contribution in [1.82, 2.24) is 10.3 Å². The Morgan fingerprint density at radius 1 is 0.973 bits per heavy atom. The summed E-state index contributed by atoms with van der Waals surface area (Å²) in [6, 6.07) is 26.3. The molecule has 0 aliphatic carbocycles. The lowest BCUT2D eigenvalue weighted by atomic mass is 9.99. The first-order valence-electron chi connectivity index (χ1n) is 13.2. The molecule has 6 rings (SSSR count). The van der Waals surface area contributed by atoms with Gasteiger partial charge in [-0.3, -0.25) is 4.79 Å². The maximum Gasteiger partial charge on any atom is 0.274 e. The number of nitrogens with zero attached hydrogens (tertiary/aromatic N) is 2. The number of para-hydroxylation sites is 2. The van der Waals surface area contributed by atoms with Crippen LogP contribution in [-0.2, 0) is 13.0 Å². The number of carbonyl (C=O) groups is 1. The fourth-order valence-corrected chi connectivity index (χ4v) is 5.38. The molecule has 0 atom stereocenters. The Bertz CT molecular complexity index is 1400. The summed E-state index contributed by atoms with van der Waals surface area (Å²) in [6.45, 7) is 3.77. The van der Waals surface area contributed by atoms with E-state index in [4.69, 9.17) is 4.74 Å². The SMILES string of the molecule is O=C(Nc1cccc2c1N(Cc1ccc(OC3CCNCC3)cc1)CCC2)c1ccc2ccccc2n1. The Balaban J connectivity index is 1.19. The topological polar surface area (TPSA) is 66.5 Å². The van der Waals surface area contributed by atoms with Crippen molar-refractivity contribution in [2.75, 3.05) is 29.9 Å². The molecule has 6 nitrogen and oxygen atoms in total. The number of rotatable bonds is 6. The van der Waals surface area contributed by atoms with Crippen LogP contribution in [0.4, 0.5) is 11.4 Å². The van der Waals surface area contributed by atoms with Gasteiger partial charge in [-0.05, 0) is 80.2 Å². The molecule has 3 heterocycles. The fraction of sp³-hybridized carbons (Fsp3) is 0.290. The smallest absolute Gasteiger partial charge is 0.274 e. The highest BCUT2D eigenvalue weighted by Gasteiger charge is 2.22. The van der Waals surface area contributed by atoms with Crippen LogP contribution in [0.5, 0.6) is 5.75 Å². The molecule has 1 saturated heterocycles. The van der Waals surface area contributed by atoms with Gasteiger partial charge in [-0.2, -0.15) is 0 Å². The van der Waals surface area contributed by atoms with Gasteiger partial charge < -0.3 is 20.3 Å². The molecule has 37 heavy (non-hydrogen) atoms. The molecule has 6 heteroatoms. The summed E-state index contributed by atoms with van der Waals surface area (Å²) in [5, 5.41) is 7.56. The molecule has 1 aromatic heterocycles. The molecule has 0 spiro atoms. The van der Waals surface area contributed by atoms with Crippen molar-refractivity contribution in [1.29, 1.82) is 0 Å². The average molecular weight is 493 g/mol. The minimum Gasteiger partial charge on any atom is -0.490 e. The van der Waals surface area contributed by atoms with Crippen molar-refractivity contribution in [2.24, 2.45) is 0 Å². The molecular formula is C31H32N4O2. The van der Waals surface area contributed by atoms with Crippen molar-refractivity contribution < 1.29 is 9.53 Å². The van der Waals surface area contributed by atoms with Gasteiger partial charge in [0.25, 0.3) is 5.91 Å². The predicted octanol–water partition coefficient (Wildman–Crippen LogP) is 5.57. The van der Waals surface area contributed by atoms with Crippen molar-refractivity contribution in [2.45, 2.75) is 38.3 Å². The van der Waals surface area contributed by atoms with Crippen LogP contribution >= 0.6 is 0 Å². The molecule has 0 radical (unpaired) electrons. The molecule has 0 unspecified atom stereocenters. The third-order valence-electron chi connectivity index (χ3n) is 7.27. The third kappa shape index (κ3) is 5.30. The minimum absolute atomic E-state index is 0.191. The molecule has 2 aliphatic heterocycles. The van der Waals surface area contributed by atoms with Crippen LogP contribution in [0.3, 0.4) is 0 Å². The number of pyridine rings is 1. The van der Waals surface area contributed by atoms with E-state index in [2.05, 4.69) is 50.8 Å². The molecule has 1 amide bonds. The van der Waals surface area contributed by atoms with Crippen LogP contribution in [-0.4, -0.2) is 36.6 Å². The lowest BCUT2D eigenvalue weighted by molar-refractivity contribution is 0.102. The quantitative estimate of drug-likeness (QED) is 0.368. The minimum atomic E-state index is -0.191. The number of nitrogens with one attached hydrogen (secondary N) is 2. The molecular weight excluding hydrogens is 460 g/mol. The number of fused-ring (bicyclic) bond motifs is 2. The zero-order chi connectivity index (χ0) is 25.0. The Kier molecular flexibility index (Phi) is 6.74. The molecule has 188 valence electrons. The summed E-state index contributed by atoms with van der Waals surface area (Å²) in [7, 11) is 0. The lowest BCUT2D eigenvalue weighted by Gasteiger charge is -2.33. The second-order valence-electron chi connectivity index (χ2n) is 9.89. The number of piperidine rings is 1. The number of hydrogen-bond acceptors (Lipinski definition) is 5. The van der Waals surface area contributed by atoms with Crippen molar-refractivity contribution in [3.05, 3.63) is 95.7 Å². The van der Waals surface area contributed by atoms with Gasteiger partial charge in [0.05, 0.1) is 16.9 Å². The van der Waals surface area contributed by atoms with E-state index >= 15 is 0 Å². The van der Waals surface area contributed by atoms with E-state index in [1.54, 1.807) is 6.07 Å². The van der Waals surface area contributed by atoms with E-state index in [0.717, 1.165) is 79.9 Å². The highest BCUT2D eigenvalue weighted by atomic mass is 16.5. The summed E-state index contributed by atoms with van der Waals surface area (Å²) < 4.78 is 6.18. The summed E-state index contributed by atoms with van der Waals surface area (Å²) in [6.07, 6.45) is 4.50. The van der Waals surface area contributed by atoms with Crippen LogP contribution in [0.25, 0.3) is 10.9 Å². The molecule has 3 aromatic carbocycles. The Morgan fingerprint density at radius 2 is 1.81 bits per heavy atom. The second kappa shape index (κ2) is 10.6. The fourth-order valence-electron chi connectivity index (χ4n) is 5.38.